The van der Waals surface area contributed by atoms with E-state index in [1.807, 2.05) is 6.07 Å². The van der Waals surface area contributed by atoms with Crippen LogP contribution < -0.4 is 5.32 Å². The van der Waals surface area contributed by atoms with Crippen molar-refractivity contribution in [1.29, 1.82) is 5.26 Å². The van der Waals surface area contributed by atoms with Crippen LogP contribution in [0.1, 0.15) is 25.8 Å². The van der Waals surface area contributed by atoms with E-state index in [4.69, 9.17) is 5.26 Å². The van der Waals surface area contributed by atoms with Gasteiger partial charge in [-0.15, -0.1) is 0 Å². The molecule has 1 aromatic carbocycles. The topological polar surface area (TPSA) is 48.2 Å². The van der Waals surface area contributed by atoms with E-state index in [1.165, 1.54) is 12.1 Å². The quantitative estimate of drug-likeness (QED) is 0.845. The summed E-state index contributed by atoms with van der Waals surface area (Å²) in [6.07, 6.45) is 1.04. The number of thioether (sulfide) groups is 1. The number of rotatable bonds is 1. The van der Waals surface area contributed by atoms with Gasteiger partial charge in [0.15, 0.2) is 5.17 Å². The van der Waals surface area contributed by atoms with E-state index in [1.54, 1.807) is 17.8 Å². The standard InChI is InChI=1S/C13H14FN3S/c1-13(2)5-6-18-12(17-13)16-10-3-4-11(14)9(7-10)8-15/h3-4,7H,5-6H2,1-2H3,(H,16,17). The Hall–Kier alpha value is -1.54. The Morgan fingerprint density at radius 1 is 1.50 bits per heavy atom. The molecule has 2 rings (SSSR count). The molecule has 0 bridgehead atoms. The smallest absolute Gasteiger partial charge is 0.161 e. The van der Waals surface area contributed by atoms with E-state index in [-0.39, 0.29) is 11.1 Å². The Kier molecular flexibility index (Phi) is 3.58. The van der Waals surface area contributed by atoms with Crippen molar-refractivity contribution >= 4 is 22.6 Å². The molecular formula is C13H14FN3S. The second-order valence-electron chi connectivity index (χ2n) is 4.76. The van der Waals surface area contributed by atoms with Crippen molar-refractivity contribution in [3.8, 4) is 6.07 Å². The number of hydrogen-bond donors (Lipinski definition) is 1. The third-order valence-electron chi connectivity index (χ3n) is 2.69. The number of nitriles is 1. The number of halogens is 1. The number of nitrogens with zero attached hydrogens (tertiary/aromatic N) is 2. The fourth-order valence-electron chi connectivity index (χ4n) is 1.64. The predicted octanol–water partition coefficient (Wildman–Crippen LogP) is 3.38. The summed E-state index contributed by atoms with van der Waals surface area (Å²) in [5.74, 6) is 0.507. The summed E-state index contributed by atoms with van der Waals surface area (Å²) < 4.78 is 13.2. The van der Waals surface area contributed by atoms with Gasteiger partial charge in [0.25, 0.3) is 0 Å². The van der Waals surface area contributed by atoms with E-state index in [0.29, 0.717) is 5.69 Å². The molecule has 0 saturated carbocycles. The van der Waals surface area contributed by atoms with Crippen molar-refractivity contribution in [3.05, 3.63) is 29.6 Å². The fraction of sp³-hybridized carbons (Fsp3) is 0.385. The number of aliphatic imine (C=N–C) groups is 1. The molecule has 0 radical (unpaired) electrons. The number of anilines is 1. The molecule has 0 unspecified atom stereocenters. The van der Waals surface area contributed by atoms with Gasteiger partial charge in [0.1, 0.15) is 11.9 Å². The zero-order chi connectivity index (χ0) is 13.2. The molecule has 1 N–H and O–H groups in total. The highest BCUT2D eigenvalue weighted by Gasteiger charge is 2.22. The number of nitrogens with one attached hydrogen (secondary N) is 1. The molecule has 0 aromatic heterocycles. The first-order chi connectivity index (χ1) is 8.50. The Labute approximate surface area is 110 Å². The van der Waals surface area contributed by atoms with Crippen molar-refractivity contribution < 1.29 is 4.39 Å². The van der Waals surface area contributed by atoms with Crippen molar-refractivity contribution in [3.63, 3.8) is 0 Å². The summed E-state index contributed by atoms with van der Waals surface area (Å²) in [4.78, 5) is 4.58. The lowest BCUT2D eigenvalue weighted by Crippen LogP contribution is -2.27. The van der Waals surface area contributed by atoms with Gasteiger partial charge in [-0.3, -0.25) is 4.99 Å². The molecule has 0 saturated heterocycles. The van der Waals surface area contributed by atoms with Gasteiger partial charge in [0, 0.05) is 11.4 Å². The molecule has 0 atom stereocenters. The molecule has 0 fully saturated rings. The molecule has 0 aliphatic carbocycles. The van der Waals surface area contributed by atoms with Crippen LogP contribution in [-0.2, 0) is 0 Å². The van der Waals surface area contributed by atoms with E-state index < -0.39 is 5.82 Å². The first kappa shape index (κ1) is 12.9. The van der Waals surface area contributed by atoms with Gasteiger partial charge in [-0.1, -0.05) is 11.8 Å². The largest absolute Gasteiger partial charge is 0.335 e. The summed E-state index contributed by atoms with van der Waals surface area (Å²) in [5, 5.41) is 12.7. The van der Waals surface area contributed by atoms with Crippen LogP contribution in [0.25, 0.3) is 0 Å². The summed E-state index contributed by atoms with van der Waals surface area (Å²) in [5.41, 5.74) is 0.670. The van der Waals surface area contributed by atoms with Crippen molar-refractivity contribution in [2.45, 2.75) is 25.8 Å². The fourth-order valence-corrected chi connectivity index (χ4v) is 2.93. The number of benzene rings is 1. The van der Waals surface area contributed by atoms with Crippen LogP contribution in [0.5, 0.6) is 0 Å². The lowest BCUT2D eigenvalue weighted by Gasteiger charge is -2.26. The van der Waals surface area contributed by atoms with Gasteiger partial charge in [-0.25, -0.2) is 4.39 Å². The molecule has 1 aliphatic rings. The SMILES string of the molecule is CC1(C)CCSC(Nc2ccc(F)c(C#N)c2)=N1. The maximum Gasteiger partial charge on any atom is 0.161 e. The van der Waals surface area contributed by atoms with Gasteiger partial charge < -0.3 is 5.32 Å². The average Bonchev–Trinajstić information content (AvgIpc) is 2.30. The number of amidine groups is 1. The highest BCUT2D eigenvalue weighted by atomic mass is 32.2. The first-order valence-electron chi connectivity index (χ1n) is 5.69. The molecule has 5 heteroatoms. The van der Waals surface area contributed by atoms with Crippen LogP contribution >= 0.6 is 11.8 Å². The summed E-state index contributed by atoms with van der Waals surface area (Å²) in [6.45, 7) is 4.17. The molecule has 18 heavy (non-hydrogen) atoms. The first-order valence-corrected chi connectivity index (χ1v) is 6.68. The van der Waals surface area contributed by atoms with Gasteiger partial charge in [-0.2, -0.15) is 5.26 Å². The second-order valence-corrected chi connectivity index (χ2v) is 5.84. The monoisotopic (exact) mass is 263 g/mol. The second kappa shape index (κ2) is 4.99. The summed E-state index contributed by atoms with van der Waals surface area (Å²) in [6, 6.07) is 6.23. The minimum Gasteiger partial charge on any atom is -0.335 e. The van der Waals surface area contributed by atoms with Crippen molar-refractivity contribution in [2.24, 2.45) is 4.99 Å². The number of hydrogen-bond acceptors (Lipinski definition) is 4. The molecular weight excluding hydrogens is 249 g/mol. The molecule has 0 amide bonds. The Bertz CT molecular complexity index is 532. The van der Waals surface area contributed by atoms with E-state index in [0.717, 1.165) is 17.3 Å². The third-order valence-corrected chi connectivity index (χ3v) is 3.57. The predicted molar refractivity (Wildman–Crippen MR) is 73.3 cm³/mol. The van der Waals surface area contributed by atoms with Crippen molar-refractivity contribution in [2.75, 3.05) is 11.1 Å². The highest BCUT2D eigenvalue weighted by Crippen LogP contribution is 2.27. The lowest BCUT2D eigenvalue weighted by atomic mass is 10.0. The van der Waals surface area contributed by atoms with Crippen LogP contribution in [-0.4, -0.2) is 16.5 Å². The van der Waals surface area contributed by atoms with E-state index >= 15 is 0 Å². The zero-order valence-corrected chi connectivity index (χ0v) is 11.1. The molecule has 94 valence electrons. The normalized spacial score (nSPS) is 17.8. The minimum absolute atomic E-state index is 0.0423. The third kappa shape index (κ3) is 3.02. The Balaban J connectivity index is 2.20. The van der Waals surface area contributed by atoms with Crippen LogP contribution in [0.2, 0.25) is 0 Å². The molecule has 3 nitrogen and oxygen atoms in total. The van der Waals surface area contributed by atoms with Crippen LogP contribution in [0.15, 0.2) is 23.2 Å². The van der Waals surface area contributed by atoms with Crippen LogP contribution in [0.3, 0.4) is 0 Å². The molecule has 1 aliphatic heterocycles. The zero-order valence-electron chi connectivity index (χ0n) is 10.3. The summed E-state index contributed by atoms with van der Waals surface area (Å²) in [7, 11) is 0. The Morgan fingerprint density at radius 3 is 2.94 bits per heavy atom. The van der Waals surface area contributed by atoms with Crippen LogP contribution in [0, 0.1) is 17.1 Å². The lowest BCUT2D eigenvalue weighted by molar-refractivity contribution is 0.507. The van der Waals surface area contributed by atoms with Gasteiger partial charge in [-0.05, 0) is 38.5 Å². The maximum atomic E-state index is 13.2. The summed E-state index contributed by atoms with van der Waals surface area (Å²) >= 11 is 1.64. The van der Waals surface area contributed by atoms with Gasteiger partial charge in [0.05, 0.1) is 11.1 Å². The molecule has 0 spiro atoms. The van der Waals surface area contributed by atoms with Crippen LogP contribution in [0.4, 0.5) is 10.1 Å². The van der Waals surface area contributed by atoms with Gasteiger partial charge >= 0.3 is 0 Å². The Morgan fingerprint density at radius 2 is 2.28 bits per heavy atom. The molecule has 1 aromatic rings. The minimum atomic E-state index is -0.499. The van der Waals surface area contributed by atoms with E-state index in [2.05, 4.69) is 24.2 Å². The van der Waals surface area contributed by atoms with E-state index in [9.17, 15) is 4.39 Å². The molecule has 1 heterocycles. The highest BCUT2D eigenvalue weighted by molar-refractivity contribution is 8.14. The average molecular weight is 263 g/mol. The van der Waals surface area contributed by atoms with Crippen molar-refractivity contribution in [1.82, 2.24) is 0 Å². The van der Waals surface area contributed by atoms with Gasteiger partial charge in [0.2, 0.25) is 0 Å². The maximum absolute atomic E-state index is 13.2.